The van der Waals surface area contributed by atoms with Crippen molar-refractivity contribution < 1.29 is 147 Å². The summed E-state index contributed by atoms with van der Waals surface area (Å²) in [5.41, 5.74) is 35.1. The maximum Gasteiger partial charge on any atom is 0.338 e. The highest BCUT2D eigenvalue weighted by Gasteiger charge is 2.63. The Bertz CT molecular complexity index is 5680. The number of rotatable bonds is 42. The van der Waals surface area contributed by atoms with E-state index in [1.54, 1.807) is 188 Å². The number of para-hydroxylation sites is 2. The molecular weight excluding hydrogens is 1840 g/mol. The summed E-state index contributed by atoms with van der Waals surface area (Å²) in [6, 6.07) is 70.2. The van der Waals surface area contributed by atoms with Crippen LogP contribution in [0.4, 0.5) is 0 Å². The monoisotopic (exact) mass is 1940 g/mol. The van der Waals surface area contributed by atoms with E-state index in [-0.39, 0.29) is 61.0 Å². The van der Waals surface area contributed by atoms with Crippen LogP contribution in [0.5, 0.6) is 11.5 Å². The van der Waals surface area contributed by atoms with E-state index in [0.29, 0.717) is 28.7 Å². The lowest BCUT2D eigenvalue weighted by Crippen LogP contribution is -2.70. The van der Waals surface area contributed by atoms with Crippen molar-refractivity contribution >= 4 is 41.8 Å². The number of hydrogen-bond donors (Lipinski definition) is 0. The van der Waals surface area contributed by atoms with Crippen LogP contribution in [-0.2, 0) is 150 Å². The van der Waals surface area contributed by atoms with E-state index in [4.69, 9.17) is 114 Å². The number of carbonyl (C=O) groups excluding carboxylic acids is 7. The Morgan fingerprint density at radius 3 is 1.11 bits per heavy atom. The van der Waals surface area contributed by atoms with E-state index in [1.165, 1.54) is 43.5 Å². The predicted molar refractivity (Wildman–Crippen MR) is 489 cm³/mol. The van der Waals surface area contributed by atoms with Crippen molar-refractivity contribution in [3.05, 3.63) is 343 Å². The minimum atomic E-state index is -2.22. The van der Waals surface area contributed by atoms with Crippen molar-refractivity contribution in [3.63, 3.8) is 0 Å². The number of carbonyl (C=O) groups is 7. The third-order valence-electron chi connectivity index (χ3n) is 23.3. The molecule has 6 aliphatic rings. The van der Waals surface area contributed by atoms with Crippen LogP contribution < -0.4 is 9.47 Å². The van der Waals surface area contributed by atoms with E-state index < -0.39 is 228 Å². The van der Waals surface area contributed by atoms with Crippen molar-refractivity contribution in [2.75, 3.05) is 33.5 Å². The first kappa shape index (κ1) is 102. The van der Waals surface area contributed by atoms with Gasteiger partial charge in [0.2, 0.25) is 12.6 Å². The van der Waals surface area contributed by atoms with Crippen LogP contribution in [0.15, 0.2) is 288 Å². The van der Waals surface area contributed by atoms with Gasteiger partial charge in [-0.15, -0.1) is 0 Å². The molecule has 0 aromatic heterocycles. The lowest BCUT2D eigenvalue weighted by molar-refractivity contribution is -0.394. The number of methoxy groups -OCH3 is 1. The molecule has 1 unspecified atom stereocenters. The molecule has 0 N–H and O–H groups in total. The number of ether oxygens (including phenoxy) is 24. The molecule has 0 saturated carbocycles. The average molecular weight is 1940 g/mol. The smallest absolute Gasteiger partial charge is 0.338 e. The molecule has 6 aliphatic heterocycles. The standard InChI is InChI=1S/C101H103N9O31/c1-60(111)127-84-78(107-110-104)98(140-91-87(128-61(2)112)89(129-62(3)113)101(141-99(91)131-71-49-30-13-31-50-71)136-80-73(58-125-93(115)68-43-24-10-25-44-68)132-96(118-4)76(105-108-102)83(80)122-55-65-37-18-7-19-38-65)134-74(59-126-94(116)69-45-26-11-27-46-69)81(84)137-100-90(135-75-51-32-52-119-75)86(130-70-47-28-12-29-48-70)85(88(139-100)95(117)123-56-66-39-20-8-21-40-66)138-97-77(106-109-103)82(121-54-64-35-16-6-17-36-64)79(120-53-63-33-14-5-15-34-63)72(133-97)57-124-92(114)67-41-22-9-23-42-67/h5-31,33-50,72-91,96-101H,32,51-59H2,1-4H3/t72-,73-,74-,75?,76-,77-,78-,79-,80-,81+,82-,83-,84-,85+,86+,87-,88+,89-,90-,91+,96+,97-,98-,99-,100-,101-/m1/s1. The summed E-state index contributed by atoms with van der Waals surface area (Å²) >= 11 is 0. The fourth-order valence-electron chi connectivity index (χ4n) is 16.9. The summed E-state index contributed by atoms with van der Waals surface area (Å²) in [5.74, 6) is -6.83. The Morgan fingerprint density at radius 1 is 0.326 bits per heavy atom. The predicted octanol–water partition coefficient (Wildman–Crippen LogP) is 13.7. The zero-order valence-corrected chi connectivity index (χ0v) is 76.7. The maximum atomic E-state index is 16.2. The molecule has 0 amide bonds. The average Bonchev–Trinajstić information content (AvgIpc) is 1.47. The Morgan fingerprint density at radius 2 is 0.674 bits per heavy atom. The molecule has 0 bridgehead atoms. The molecule has 40 heteroatoms. The molecule has 738 valence electrons. The zero-order chi connectivity index (χ0) is 98.4. The molecule has 6 heterocycles. The van der Waals surface area contributed by atoms with Crippen LogP contribution >= 0.6 is 0 Å². The Labute approximate surface area is 808 Å². The van der Waals surface area contributed by atoms with Gasteiger partial charge in [-0.2, -0.15) is 0 Å². The molecular formula is C101H103N9O31. The van der Waals surface area contributed by atoms with Crippen molar-refractivity contribution in [1.82, 2.24) is 0 Å². The molecule has 0 radical (unpaired) electrons. The third-order valence-corrected chi connectivity index (χ3v) is 23.3. The van der Waals surface area contributed by atoms with Crippen LogP contribution in [0.3, 0.4) is 0 Å². The lowest BCUT2D eigenvalue weighted by Gasteiger charge is -2.51. The van der Waals surface area contributed by atoms with Crippen molar-refractivity contribution in [3.8, 4) is 11.5 Å². The van der Waals surface area contributed by atoms with E-state index in [1.807, 2.05) is 48.5 Å². The number of esters is 7. The van der Waals surface area contributed by atoms with Gasteiger partial charge in [-0.3, -0.25) is 14.4 Å². The van der Waals surface area contributed by atoms with Crippen molar-refractivity contribution in [2.45, 2.75) is 220 Å². The molecule has 40 nitrogen and oxygen atoms in total. The van der Waals surface area contributed by atoms with E-state index in [9.17, 15) is 45.4 Å². The molecule has 26 atom stereocenters. The highest BCUT2D eigenvalue weighted by molar-refractivity contribution is 5.90. The second kappa shape index (κ2) is 50.9. The highest BCUT2D eigenvalue weighted by Crippen LogP contribution is 2.44. The van der Waals surface area contributed by atoms with Gasteiger partial charge in [-0.05, 0) is 106 Å². The number of hydrogen-bond acceptors (Lipinski definition) is 34. The van der Waals surface area contributed by atoms with E-state index >= 15 is 4.79 Å². The second-order valence-electron chi connectivity index (χ2n) is 33.0. The molecule has 9 aromatic carbocycles. The largest absolute Gasteiger partial charge is 0.485 e. The summed E-state index contributed by atoms with van der Waals surface area (Å²) in [5, 5.41) is 12.6. The Hall–Kier alpha value is -13.8. The Kier molecular flexibility index (Phi) is 36.7. The molecule has 15 rings (SSSR count). The van der Waals surface area contributed by atoms with Crippen LogP contribution in [-0.4, -0.2) is 235 Å². The van der Waals surface area contributed by atoms with Crippen molar-refractivity contribution in [1.29, 1.82) is 0 Å². The second-order valence-corrected chi connectivity index (χ2v) is 33.0. The van der Waals surface area contributed by atoms with E-state index in [0.717, 1.165) is 20.8 Å². The summed E-state index contributed by atoms with van der Waals surface area (Å²) in [7, 11) is 1.27. The minimum Gasteiger partial charge on any atom is -0.485 e. The van der Waals surface area contributed by atoms with Gasteiger partial charge in [-0.25, -0.2) is 19.2 Å². The van der Waals surface area contributed by atoms with Crippen LogP contribution in [0, 0.1) is 0 Å². The minimum absolute atomic E-state index is 0.0120. The highest BCUT2D eigenvalue weighted by atomic mass is 16.8. The topological polar surface area (TPSA) is 487 Å². The van der Waals surface area contributed by atoms with Crippen molar-refractivity contribution in [2.24, 2.45) is 15.3 Å². The number of benzene rings is 9. The summed E-state index contributed by atoms with van der Waals surface area (Å²) < 4.78 is 160. The first-order chi connectivity index (χ1) is 68.9. The van der Waals surface area contributed by atoms with E-state index in [2.05, 4.69) is 30.1 Å². The van der Waals surface area contributed by atoms with Gasteiger partial charge >= 0.3 is 41.8 Å². The number of nitrogens with zero attached hydrogens (tertiary/aromatic N) is 9. The fraction of sp³-hybridized carbons (Fsp3) is 0.396. The van der Waals surface area contributed by atoms with Gasteiger partial charge in [-0.1, -0.05) is 228 Å². The lowest BCUT2D eigenvalue weighted by atomic mass is 9.94. The van der Waals surface area contributed by atoms with Crippen LogP contribution in [0.1, 0.15) is 86.9 Å². The third kappa shape index (κ3) is 27.3. The molecule has 9 aromatic rings. The van der Waals surface area contributed by atoms with Gasteiger partial charge in [0.15, 0.2) is 68.1 Å². The molecule has 6 saturated heterocycles. The first-order valence-corrected chi connectivity index (χ1v) is 45.5. The van der Waals surface area contributed by atoms with Crippen LogP contribution in [0.25, 0.3) is 31.3 Å². The van der Waals surface area contributed by atoms with Gasteiger partial charge in [0.05, 0.1) is 36.5 Å². The summed E-state index contributed by atoms with van der Waals surface area (Å²) in [6.45, 7) is 0.195. The van der Waals surface area contributed by atoms with Crippen LogP contribution in [0.2, 0.25) is 0 Å². The normalized spacial score (nSPS) is 28.4. The van der Waals surface area contributed by atoms with Gasteiger partial charge in [0.1, 0.15) is 117 Å². The quantitative estimate of drug-likeness (QED) is 0.0113. The van der Waals surface area contributed by atoms with Gasteiger partial charge in [0.25, 0.3) is 0 Å². The molecule has 6 fully saturated rings. The summed E-state index contributed by atoms with van der Waals surface area (Å²) in [6.07, 6.45) is -40.9. The van der Waals surface area contributed by atoms with Gasteiger partial charge < -0.3 is 114 Å². The molecule has 141 heavy (non-hydrogen) atoms. The number of azide groups is 3. The SMILES string of the molecule is CO[C@H]1O[C@H](COC(=O)c2ccccc2)[C@@H](O[C@@H]2O[C@@H](Oc3ccccc3)[C@@H](O[C@H]3O[C@H](COC(=O)c4ccccc4)[C@H](O[C@@H]4O[C@H](C(=O)OCc5ccccc5)[C@@H](O[C@H]5O[C@H](COC(=O)c6ccccc6)[C@@H](OCc6ccccc6)[C@H](OCc6ccccc6)[C@H]5N=[N+]=[N-])[C@H](Oc5ccccc5)[C@H]4OC4CCCO4)[C@H](OC(C)=O)[C@H]3N=[N+]=[N-])[C@H](OC(C)=O)[C@H]2OC(C)=O)[C@H](OCc2ccccc2)[C@H]1N=[N+]=[N-]. The molecule has 0 spiro atoms. The van der Waals surface area contributed by atoms with Gasteiger partial charge in [0, 0.05) is 55.6 Å². The summed E-state index contributed by atoms with van der Waals surface area (Å²) in [4.78, 5) is 111. The molecule has 0 aliphatic carbocycles. The first-order valence-electron chi connectivity index (χ1n) is 45.5. The Balaban J connectivity index is 0.844. The zero-order valence-electron chi connectivity index (χ0n) is 76.7. The maximum absolute atomic E-state index is 16.2. The fourth-order valence-corrected chi connectivity index (χ4v) is 16.9.